The number of unbranched alkanes of at least 4 members (excludes halogenated alkanes) is 1. The van der Waals surface area contributed by atoms with Crippen molar-refractivity contribution in [1.82, 2.24) is 0 Å². The van der Waals surface area contributed by atoms with Crippen molar-refractivity contribution in [1.29, 1.82) is 5.26 Å². The largest absolute Gasteiger partial charge is 0.495 e. The van der Waals surface area contributed by atoms with E-state index in [1.165, 1.54) is 25.3 Å². The van der Waals surface area contributed by atoms with E-state index in [4.69, 9.17) is 9.47 Å². The van der Waals surface area contributed by atoms with E-state index in [0.717, 1.165) is 6.07 Å². The van der Waals surface area contributed by atoms with Gasteiger partial charge in [-0.05, 0) is 31.9 Å². The van der Waals surface area contributed by atoms with Crippen molar-refractivity contribution in [2.24, 2.45) is 10.2 Å². The van der Waals surface area contributed by atoms with Gasteiger partial charge in [-0.25, -0.2) is 13.2 Å². The zero-order valence-electron chi connectivity index (χ0n) is 22.8. The number of nitrogens with zero attached hydrogens (tertiary/aromatic N) is 5. The van der Waals surface area contributed by atoms with Gasteiger partial charge in [-0.1, -0.05) is 0 Å². The number of nitro groups is 1. The Balaban J connectivity index is 0.00000645. The Morgan fingerprint density at radius 1 is 1.00 bits per heavy atom. The SMILES string of the molecule is CCN(CCCCOc1c(F)c(F)c(F)c(F)c1F)c1cc(CO)c(N=Nc2ccc([N+](=O)[O-])cc2C#N)cc1OC.O. The summed E-state index contributed by atoms with van der Waals surface area (Å²) >= 11 is 0. The maximum atomic E-state index is 13.8. The molecule has 0 heterocycles. The number of aliphatic hydroxyl groups excluding tert-OH is 1. The lowest BCUT2D eigenvalue weighted by atomic mass is 10.1. The van der Waals surface area contributed by atoms with Crippen LogP contribution in [0, 0.1) is 50.5 Å². The summed E-state index contributed by atoms with van der Waals surface area (Å²) in [4.78, 5) is 12.2. The predicted molar refractivity (Wildman–Crippen MR) is 143 cm³/mol. The molecule has 0 amide bonds. The smallest absolute Gasteiger partial charge is 0.270 e. The number of methoxy groups -OCH3 is 1. The first-order valence-corrected chi connectivity index (χ1v) is 12.4. The zero-order valence-corrected chi connectivity index (χ0v) is 22.8. The first-order chi connectivity index (χ1) is 20.1. The molecule has 0 fully saturated rings. The van der Waals surface area contributed by atoms with Gasteiger partial charge in [0.25, 0.3) is 5.69 Å². The van der Waals surface area contributed by atoms with Crippen LogP contribution in [0.2, 0.25) is 0 Å². The molecule has 0 spiro atoms. The van der Waals surface area contributed by atoms with Crippen molar-refractivity contribution >= 4 is 22.7 Å². The number of halogens is 5. The molecule has 0 bridgehead atoms. The molecule has 43 heavy (non-hydrogen) atoms. The second-order valence-electron chi connectivity index (χ2n) is 8.62. The number of hydrogen-bond donors (Lipinski definition) is 1. The number of nitriles is 1. The van der Waals surface area contributed by atoms with Gasteiger partial charge in [-0.2, -0.15) is 14.0 Å². The second kappa shape index (κ2) is 15.4. The molecule has 16 heteroatoms. The summed E-state index contributed by atoms with van der Waals surface area (Å²) < 4.78 is 77.9. The van der Waals surface area contributed by atoms with Crippen LogP contribution >= 0.6 is 0 Å². The second-order valence-corrected chi connectivity index (χ2v) is 8.62. The molecule has 0 saturated carbocycles. The van der Waals surface area contributed by atoms with E-state index >= 15 is 0 Å². The molecule has 0 aliphatic rings. The molecule has 0 aromatic heterocycles. The molecule has 3 N–H and O–H groups in total. The van der Waals surface area contributed by atoms with Gasteiger partial charge in [0, 0.05) is 36.9 Å². The highest BCUT2D eigenvalue weighted by Gasteiger charge is 2.27. The van der Waals surface area contributed by atoms with Crippen molar-refractivity contribution in [2.75, 3.05) is 31.7 Å². The Hall–Kier alpha value is -4.88. The highest BCUT2D eigenvalue weighted by Crippen LogP contribution is 2.37. The van der Waals surface area contributed by atoms with E-state index in [9.17, 15) is 42.4 Å². The van der Waals surface area contributed by atoms with Crippen molar-refractivity contribution in [3.05, 3.63) is 80.7 Å². The minimum atomic E-state index is -2.27. The molecule has 11 nitrogen and oxygen atoms in total. The van der Waals surface area contributed by atoms with E-state index in [2.05, 4.69) is 10.2 Å². The Bertz CT molecular complexity index is 1520. The van der Waals surface area contributed by atoms with Crippen LogP contribution in [-0.4, -0.2) is 42.3 Å². The van der Waals surface area contributed by atoms with Gasteiger partial charge in [0.1, 0.15) is 17.5 Å². The Morgan fingerprint density at radius 3 is 2.19 bits per heavy atom. The molecule has 3 aromatic rings. The van der Waals surface area contributed by atoms with Crippen LogP contribution < -0.4 is 14.4 Å². The van der Waals surface area contributed by atoms with Crippen LogP contribution in [0.4, 0.5) is 44.7 Å². The van der Waals surface area contributed by atoms with Crippen molar-refractivity contribution < 1.29 is 46.9 Å². The van der Waals surface area contributed by atoms with Crippen molar-refractivity contribution in [2.45, 2.75) is 26.4 Å². The van der Waals surface area contributed by atoms with Crippen LogP contribution in [0.3, 0.4) is 0 Å². The lowest BCUT2D eigenvalue weighted by Gasteiger charge is -2.26. The molecule has 0 atom stereocenters. The minimum absolute atomic E-state index is 0. The summed E-state index contributed by atoms with van der Waals surface area (Å²) in [6, 6.07) is 8.48. The molecule has 0 saturated heterocycles. The Labute approximate surface area is 241 Å². The van der Waals surface area contributed by atoms with Crippen molar-refractivity contribution in [3.63, 3.8) is 0 Å². The lowest BCUT2D eigenvalue weighted by molar-refractivity contribution is -0.384. The highest BCUT2D eigenvalue weighted by molar-refractivity contribution is 5.67. The van der Waals surface area contributed by atoms with Crippen molar-refractivity contribution in [3.8, 4) is 17.6 Å². The maximum Gasteiger partial charge on any atom is 0.270 e. The molecular formula is C27H26F5N5O6. The topological polar surface area (TPSA) is 165 Å². The fraction of sp³-hybridized carbons (Fsp3) is 0.296. The molecule has 0 aliphatic carbocycles. The monoisotopic (exact) mass is 611 g/mol. The zero-order chi connectivity index (χ0) is 31.0. The number of aliphatic hydroxyl groups is 1. The number of hydrogen-bond acceptors (Lipinski definition) is 9. The van der Waals surface area contributed by atoms with Crippen LogP contribution in [0.15, 0.2) is 40.6 Å². The number of anilines is 1. The van der Waals surface area contributed by atoms with Crippen LogP contribution in [0.5, 0.6) is 11.5 Å². The third-order valence-corrected chi connectivity index (χ3v) is 6.09. The first-order valence-electron chi connectivity index (χ1n) is 12.4. The number of azo groups is 1. The molecule has 0 radical (unpaired) electrons. The number of benzene rings is 3. The molecule has 3 aromatic carbocycles. The van der Waals surface area contributed by atoms with Gasteiger partial charge in [-0.3, -0.25) is 10.1 Å². The third kappa shape index (κ3) is 7.70. The molecule has 0 unspecified atom stereocenters. The number of nitro benzene ring substituents is 1. The molecule has 230 valence electrons. The van der Waals surface area contributed by atoms with E-state index in [0.29, 0.717) is 36.5 Å². The summed E-state index contributed by atoms with van der Waals surface area (Å²) in [5.41, 5.74) is 0.866. The van der Waals surface area contributed by atoms with Gasteiger partial charge in [0.15, 0.2) is 5.75 Å². The molecule has 0 aliphatic heterocycles. The average molecular weight is 612 g/mol. The average Bonchev–Trinajstić information content (AvgIpc) is 3.00. The molecular weight excluding hydrogens is 585 g/mol. The van der Waals surface area contributed by atoms with E-state index < -0.39 is 46.4 Å². The maximum absolute atomic E-state index is 13.8. The van der Waals surface area contributed by atoms with Crippen LogP contribution in [0.25, 0.3) is 0 Å². The summed E-state index contributed by atoms with van der Waals surface area (Å²) in [5, 5.41) is 38.4. The Kier molecular flexibility index (Phi) is 12.3. The quantitative estimate of drug-likeness (QED) is 0.0475. The summed E-state index contributed by atoms with van der Waals surface area (Å²) in [7, 11) is 1.41. The highest BCUT2D eigenvalue weighted by atomic mass is 19.2. The summed E-state index contributed by atoms with van der Waals surface area (Å²) in [6.45, 7) is 1.92. The lowest BCUT2D eigenvalue weighted by Crippen LogP contribution is -2.25. The van der Waals surface area contributed by atoms with Gasteiger partial charge < -0.3 is 25.0 Å². The normalized spacial score (nSPS) is 10.8. The van der Waals surface area contributed by atoms with Crippen LogP contribution in [-0.2, 0) is 6.61 Å². The van der Waals surface area contributed by atoms with Gasteiger partial charge in [0.05, 0.1) is 42.2 Å². The summed E-state index contributed by atoms with van der Waals surface area (Å²) in [6.07, 6.45) is 0.591. The van der Waals surface area contributed by atoms with Gasteiger partial charge in [0.2, 0.25) is 29.1 Å². The number of rotatable bonds is 13. The standard InChI is InChI=1S/C27H24F5N5O5.H2O/c1-3-36(8-4-5-9-42-27-25(31)23(29)22(28)24(30)26(27)32)20-11-16(14-38)19(12-21(20)41-2)35-34-18-7-6-17(37(39)40)10-15(18)13-33;/h6-7,10-12,38H,3-5,8-9,14H2,1-2H3;1H2. The van der Waals surface area contributed by atoms with Gasteiger partial charge in [-0.15, -0.1) is 10.2 Å². The van der Waals surface area contributed by atoms with Gasteiger partial charge >= 0.3 is 0 Å². The van der Waals surface area contributed by atoms with E-state index in [-0.39, 0.29) is 41.1 Å². The minimum Gasteiger partial charge on any atom is -0.495 e. The number of non-ortho nitro benzene ring substituents is 1. The summed E-state index contributed by atoms with van der Waals surface area (Å²) in [5.74, 6) is -11.5. The van der Waals surface area contributed by atoms with Crippen LogP contribution in [0.1, 0.15) is 30.9 Å². The fourth-order valence-electron chi connectivity index (χ4n) is 3.89. The predicted octanol–water partition coefficient (Wildman–Crippen LogP) is 5.94. The molecule has 3 rings (SSSR count). The number of ether oxygens (including phenoxy) is 2. The van der Waals surface area contributed by atoms with E-state index in [1.807, 2.05) is 17.9 Å². The fourth-order valence-corrected chi connectivity index (χ4v) is 3.89. The first kappa shape index (κ1) is 34.3. The van der Waals surface area contributed by atoms with E-state index in [1.54, 1.807) is 6.07 Å². The Morgan fingerprint density at radius 2 is 1.63 bits per heavy atom. The third-order valence-electron chi connectivity index (χ3n) is 6.09.